The van der Waals surface area contributed by atoms with Gasteiger partial charge in [-0.2, -0.15) is 5.10 Å². The Kier molecular flexibility index (Phi) is 5.63. The number of hydrogen-bond donors (Lipinski definition) is 2. The van der Waals surface area contributed by atoms with E-state index in [2.05, 4.69) is 10.4 Å². The highest BCUT2D eigenvalue weighted by atomic mass is 16.6. The van der Waals surface area contributed by atoms with E-state index in [1.54, 1.807) is 56.6 Å². The lowest BCUT2D eigenvalue weighted by molar-refractivity contribution is -0.386. The summed E-state index contributed by atoms with van der Waals surface area (Å²) in [6.07, 6.45) is 0. The Hall–Kier alpha value is -3.23. The molecular formula is C18H23N5O4. The van der Waals surface area contributed by atoms with E-state index in [0.717, 1.165) is 5.56 Å². The molecule has 9 heteroatoms. The fraction of sp³-hybridized carbons (Fsp3) is 0.389. The van der Waals surface area contributed by atoms with Crippen LogP contribution >= 0.6 is 0 Å². The fourth-order valence-electron chi connectivity index (χ4n) is 2.53. The van der Waals surface area contributed by atoms with E-state index in [-0.39, 0.29) is 18.1 Å². The number of nitrogens with two attached hydrogens (primary N) is 1. The van der Waals surface area contributed by atoms with Gasteiger partial charge in [-0.25, -0.2) is 0 Å². The van der Waals surface area contributed by atoms with Crippen LogP contribution in [0.5, 0.6) is 0 Å². The maximum absolute atomic E-state index is 12.2. The van der Waals surface area contributed by atoms with Gasteiger partial charge in [0.25, 0.3) is 5.91 Å². The zero-order chi connectivity index (χ0) is 20.4. The molecule has 0 bridgehead atoms. The van der Waals surface area contributed by atoms with Crippen molar-refractivity contribution in [3.8, 4) is 0 Å². The SMILES string of the molecule is Cc1nn(Cc2ccc(C(=O)NCC(C)(C)C(N)=O)cc2)c(C)c1[N+](=O)[O-]. The van der Waals surface area contributed by atoms with Gasteiger partial charge < -0.3 is 11.1 Å². The van der Waals surface area contributed by atoms with Gasteiger partial charge in [-0.3, -0.25) is 24.4 Å². The number of benzene rings is 1. The van der Waals surface area contributed by atoms with E-state index in [1.165, 1.54) is 0 Å². The van der Waals surface area contributed by atoms with Gasteiger partial charge in [-0.1, -0.05) is 12.1 Å². The van der Waals surface area contributed by atoms with E-state index in [1.807, 2.05) is 0 Å². The van der Waals surface area contributed by atoms with Gasteiger partial charge in [0.1, 0.15) is 11.4 Å². The molecule has 0 aliphatic carbocycles. The fourth-order valence-corrected chi connectivity index (χ4v) is 2.53. The summed E-state index contributed by atoms with van der Waals surface area (Å²) < 4.78 is 1.57. The topological polar surface area (TPSA) is 133 Å². The van der Waals surface area contributed by atoms with Crippen molar-refractivity contribution in [2.75, 3.05) is 6.54 Å². The molecule has 144 valence electrons. The summed E-state index contributed by atoms with van der Waals surface area (Å²) in [6, 6.07) is 6.83. The van der Waals surface area contributed by atoms with Gasteiger partial charge in [0.15, 0.2) is 0 Å². The Morgan fingerprint density at radius 1 is 1.26 bits per heavy atom. The number of primary amides is 1. The predicted octanol–water partition coefficient (Wildman–Crippen LogP) is 1.70. The Morgan fingerprint density at radius 3 is 2.33 bits per heavy atom. The standard InChI is InChI=1S/C18H23N5O4/c1-11-15(23(26)27)12(2)22(21-11)9-13-5-7-14(8-6-13)16(24)20-10-18(3,4)17(19)25/h5-8H,9-10H2,1-4H3,(H2,19,25)(H,20,24). The molecule has 0 spiro atoms. The van der Waals surface area contributed by atoms with Crippen LogP contribution in [0, 0.1) is 29.4 Å². The minimum atomic E-state index is -0.834. The van der Waals surface area contributed by atoms with E-state index < -0.39 is 16.2 Å². The van der Waals surface area contributed by atoms with Crippen LogP contribution < -0.4 is 11.1 Å². The molecule has 0 saturated heterocycles. The summed E-state index contributed by atoms with van der Waals surface area (Å²) in [7, 11) is 0. The summed E-state index contributed by atoms with van der Waals surface area (Å²) in [5.74, 6) is -0.797. The number of aromatic nitrogens is 2. The molecule has 1 aromatic heterocycles. The number of amides is 2. The molecule has 0 unspecified atom stereocenters. The monoisotopic (exact) mass is 373 g/mol. The lowest BCUT2D eigenvalue weighted by Gasteiger charge is -2.20. The first-order chi connectivity index (χ1) is 12.5. The Bertz CT molecular complexity index is 884. The number of hydrogen-bond acceptors (Lipinski definition) is 5. The largest absolute Gasteiger partial charge is 0.369 e. The van der Waals surface area contributed by atoms with Crippen LogP contribution in [-0.2, 0) is 11.3 Å². The second kappa shape index (κ2) is 7.56. The van der Waals surface area contributed by atoms with Gasteiger partial charge in [0.2, 0.25) is 5.91 Å². The van der Waals surface area contributed by atoms with Crippen molar-refractivity contribution in [3.63, 3.8) is 0 Å². The van der Waals surface area contributed by atoms with Crippen molar-refractivity contribution in [3.05, 3.63) is 56.9 Å². The van der Waals surface area contributed by atoms with E-state index >= 15 is 0 Å². The maximum atomic E-state index is 12.2. The Labute approximate surface area is 156 Å². The molecule has 0 atom stereocenters. The highest BCUT2D eigenvalue weighted by molar-refractivity contribution is 5.94. The number of aryl methyl sites for hydroxylation is 1. The molecule has 0 saturated carbocycles. The van der Waals surface area contributed by atoms with Crippen LogP contribution in [0.15, 0.2) is 24.3 Å². The minimum absolute atomic E-state index is 0.0167. The van der Waals surface area contributed by atoms with Crippen molar-refractivity contribution < 1.29 is 14.5 Å². The third-order valence-corrected chi connectivity index (χ3v) is 4.43. The molecule has 27 heavy (non-hydrogen) atoms. The predicted molar refractivity (Wildman–Crippen MR) is 99.2 cm³/mol. The average molecular weight is 373 g/mol. The molecule has 2 aromatic rings. The van der Waals surface area contributed by atoms with Crippen molar-refractivity contribution >= 4 is 17.5 Å². The smallest absolute Gasteiger partial charge is 0.312 e. The molecule has 0 aliphatic heterocycles. The lowest BCUT2D eigenvalue weighted by Crippen LogP contribution is -2.42. The minimum Gasteiger partial charge on any atom is -0.369 e. The highest BCUT2D eigenvalue weighted by Gasteiger charge is 2.25. The van der Waals surface area contributed by atoms with Crippen LogP contribution in [0.2, 0.25) is 0 Å². The summed E-state index contributed by atoms with van der Waals surface area (Å²) in [4.78, 5) is 34.2. The summed E-state index contributed by atoms with van der Waals surface area (Å²) in [6.45, 7) is 7.07. The number of carbonyl (C=O) groups excluding carboxylic acids is 2. The quantitative estimate of drug-likeness (QED) is 0.563. The first-order valence-corrected chi connectivity index (χ1v) is 8.38. The van der Waals surface area contributed by atoms with Crippen LogP contribution in [0.25, 0.3) is 0 Å². The van der Waals surface area contributed by atoms with Crippen molar-refractivity contribution in [1.82, 2.24) is 15.1 Å². The summed E-state index contributed by atoms with van der Waals surface area (Å²) >= 11 is 0. The van der Waals surface area contributed by atoms with Gasteiger partial charge in [0, 0.05) is 12.1 Å². The average Bonchev–Trinajstić information content (AvgIpc) is 2.87. The van der Waals surface area contributed by atoms with E-state index in [4.69, 9.17) is 5.73 Å². The molecular weight excluding hydrogens is 350 g/mol. The van der Waals surface area contributed by atoms with E-state index in [9.17, 15) is 19.7 Å². The van der Waals surface area contributed by atoms with Crippen molar-refractivity contribution in [2.24, 2.45) is 11.1 Å². The third-order valence-electron chi connectivity index (χ3n) is 4.43. The Morgan fingerprint density at radius 2 is 1.85 bits per heavy atom. The molecule has 9 nitrogen and oxygen atoms in total. The zero-order valence-corrected chi connectivity index (χ0v) is 15.8. The molecule has 1 heterocycles. The summed E-state index contributed by atoms with van der Waals surface area (Å²) in [5, 5.41) is 18.0. The van der Waals surface area contributed by atoms with Crippen LogP contribution in [0.3, 0.4) is 0 Å². The van der Waals surface area contributed by atoms with Crippen LogP contribution in [-0.4, -0.2) is 33.1 Å². The highest BCUT2D eigenvalue weighted by Crippen LogP contribution is 2.22. The second-order valence-corrected chi connectivity index (χ2v) is 7.06. The van der Waals surface area contributed by atoms with Gasteiger partial charge >= 0.3 is 5.69 Å². The van der Waals surface area contributed by atoms with E-state index in [0.29, 0.717) is 23.5 Å². The number of carbonyl (C=O) groups is 2. The number of rotatable bonds is 7. The normalized spacial score (nSPS) is 11.3. The van der Waals surface area contributed by atoms with Crippen molar-refractivity contribution in [2.45, 2.75) is 34.2 Å². The molecule has 1 aromatic carbocycles. The zero-order valence-electron chi connectivity index (χ0n) is 15.8. The van der Waals surface area contributed by atoms with Gasteiger partial charge in [-0.05, 0) is 45.4 Å². The molecule has 2 rings (SSSR count). The first kappa shape index (κ1) is 20.1. The molecule has 2 amide bonds. The third kappa shape index (κ3) is 4.49. The molecule has 3 N–H and O–H groups in total. The second-order valence-electron chi connectivity index (χ2n) is 7.06. The molecule has 0 radical (unpaired) electrons. The number of nitrogens with zero attached hydrogens (tertiary/aromatic N) is 3. The summed E-state index contributed by atoms with van der Waals surface area (Å²) in [5.41, 5.74) is 6.61. The lowest BCUT2D eigenvalue weighted by atomic mass is 9.92. The molecule has 0 aliphatic rings. The van der Waals surface area contributed by atoms with Crippen LogP contribution in [0.4, 0.5) is 5.69 Å². The first-order valence-electron chi connectivity index (χ1n) is 8.38. The molecule has 0 fully saturated rings. The maximum Gasteiger partial charge on any atom is 0.312 e. The van der Waals surface area contributed by atoms with Crippen molar-refractivity contribution in [1.29, 1.82) is 0 Å². The van der Waals surface area contributed by atoms with Crippen LogP contribution in [0.1, 0.15) is 41.2 Å². The van der Waals surface area contributed by atoms with Gasteiger partial charge in [-0.15, -0.1) is 0 Å². The Balaban J connectivity index is 2.08. The number of nitrogens with one attached hydrogen (secondary N) is 1. The van der Waals surface area contributed by atoms with Gasteiger partial charge in [0.05, 0.1) is 16.9 Å². The number of nitro groups is 1.